The van der Waals surface area contributed by atoms with Crippen LogP contribution in [0.5, 0.6) is 0 Å². The number of halogens is 1. The van der Waals surface area contributed by atoms with Crippen LogP contribution in [-0.4, -0.2) is 35.1 Å². The van der Waals surface area contributed by atoms with E-state index in [0.29, 0.717) is 6.42 Å². The summed E-state index contributed by atoms with van der Waals surface area (Å²) in [4.78, 5) is 22.9. The Hall–Kier alpha value is -0.780. The zero-order valence-corrected chi connectivity index (χ0v) is 11.4. The van der Waals surface area contributed by atoms with Gasteiger partial charge in [0.05, 0.1) is 11.9 Å². The second kappa shape index (κ2) is 4.24. The molecular formula is C10H16BrNO4. The zero-order valence-electron chi connectivity index (χ0n) is 9.80. The molecule has 1 amide bonds. The van der Waals surface area contributed by atoms with Crippen molar-refractivity contribution in [2.75, 3.05) is 7.11 Å². The van der Waals surface area contributed by atoms with E-state index < -0.39 is 23.2 Å². The van der Waals surface area contributed by atoms with Crippen molar-refractivity contribution in [3.63, 3.8) is 0 Å². The van der Waals surface area contributed by atoms with Crippen LogP contribution in [0.1, 0.15) is 27.2 Å². The topological polar surface area (TPSA) is 64.6 Å². The van der Waals surface area contributed by atoms with Gasteiger partial charge in [-0.1, -0.05) is 15.9 Å². The number of esters is 1. The van der Waals surface area contributed by atoms with Crippen molar-refractivity contribution < 1.29 is 19.1 Å². The van der Waals surface area contributed by atoms with Crippen molar-refractivity contribution in [3.05, 3.63) is 0 Å². The average molecular weight is 294 g/mol. The Labute approximate surface area is 103 Å². The molecule has 1 rings (SSSR count). The summed E-state index contributed by atoms with van der Waals surface area (Å²) in [6.07, 6.45) is -0.0984. The third kappa shape index (κ3) is 2.87. The molecule has 1 fully saturated rings. The fourth-order valence-corrected chi connectivity index (χ4v) is 2.10. The molecule has 0 saturated heterocycles. The Morgan fingerprint density at radius 2 is 1.94 bits per heavy atom. The summed E-state index contributed by atoms with van der Waals surface area (Å²) in [5.74, 6) is -0.458. The normalized spacial score (nSPS) is 28.2. The van der Waals surface area contributed by atoms with Gasteiger partial charge in [0.15, 0.2) is 5.54 Å². The third-order valence-electron chi connectivity index (χ3n) is 2.15. The van der Waals surface area contributed by atoms with Gasteiger partial charge in [0.1, 0.15) is 5.60 Å². The number of methoxy groups -OCH3 is 1. The summed E-state index contributed by atoms with van der Waals surface area (Å²) in [5.41, 5.74) is -1.55. The predicted molar refractivity (Wildman–Crippen MR) is 61.4 cm³/mol. The quantitative estimate of drug-likeness (QED) is 0.620. The van der Waals surface area contributed by atoms with Crippen LogP contribution in [-0.2, 0) is 14.3 Å². The molecule has 0 bridgehead atoms. The van der Waals surface area contributed by atoms with Crippen molar-refractivity contribution >= 4 is 28.0 Å². The molecule has 6 heteroatoms. The monoisotopic (exact) mass is 293 g/mol. The molecule has 5 nitrogen and oxygen atoms in total. The van der Waals surface area contributed by atoms with Gasteiger partial charge in [-0.25, -0.2) is 9.59 Å². The molecule has 0 aromatic carbocycles. The molecule has 1 aliphatic rings. The van der Waals surface area contributed by atoms with Crippen LogP contribution in [0.2, 0.25) is 0 Å². The smallest absolute Gasteiger partial charge is 0.408 e. The third-order valence-corrected chi connectivity index (χ3v) is 3.25. The maximum Gasteiger partial charge on any atom is 0.408 e. The van der Waals surface area contributed by atoms with Crippen LogP contribution in [0.3, 0.4) is 0 Å². The number of amides is 1. The number of rotatable bonds is 2. The van der Waals surface area contributed by atoms with Crippen molar-refractivity contribution in [3.8, 4) is 0 Å². The molecule has 0 heterocycles. The van der Waals surface area contributed by atoms with E-state index in [1.54, 1.807) is 20.8 Å². The van der Waals surface area contributed by atoms with Gasteiger partial charge in [-0.2, -0.15) is 0 Å². The van der Waals surface area contributed by atoms with Crippen molar-refractivity contribution in [2.24, 2.45) is 0 Å². The van der Waals surface area contributed by atoms with Crippen molar-refractivity contribution in [1.29, 1.82) is 0 Å². The van der Waals surface area contributed by atoms with Gasteiger partial charge >= 0.3 is 12.1 Å². The first-order chi connectivity index (χ1) is 7.21. The molecule has 1 N–H and O–H groups in total. The summed E-state index contributed by atoms with van der Waals surface area (Å²) in [5, 5.41) is 2.54. The molecule has 1 saturated carbocycles. The first-order valence-corrected chi connectivity index (χ1v) is 5.86. The maximum absolute atomic E-state index is 11.5. The lowest BCUT2D eigenvalue weighted by Crippen LogP contribution is -2.47. The van der Waals surface area contributed by atoms with Gasteiger partial charge in [-0.15, -0.1) is 0 Å². The van der Waals surface area contributed by atoms with E-state index >= 15 is 0 Å². The highest BCUT2D eigenvalue weighted by molar-refractivity contribution is 9.09. The molecule has 0 aromatic heterocycles. The van der Waals surface area contributed by atoms with E-state index in [4.69, 9.17) is 4.74 Å². The number of ether oxygens (including phenoxy) is 2. The summed E-state index contributed by atoms with van der Waals surface area (Å²) < 4.78 is 9.72. The number of hydrogen-bond donors (Lipinski definition) is 1. The second-order valence-electron chi connectivity index (χ2n) is 4.76. The summed E-state index contributed by atoms with van der Waals surface area (Å²) in [6, 6.07) is 0. The molecule has 2 atom stereocenters. The molecule has 0 aromatic rings. The van der Waals surface area contributed by atoms with Crippen LogP contribution >= 0.6 is 15.9 Å². The van der Waals surface area contributed by atoms with E-state index in [2.05, 4.69) is 26.0 Å². The molecule has 16 heavy (non-hydrogen) atoms. The number of carbonyl (C=O) groups excluding carboxylic acids is 2. The first-order valence-electron chi connectivity index (χ1n) is 4.95. The Bertz CT molecular complexity index is 312. The Kier molecular flexibility index (Phi) is 3.52. The fourth-order valence-electron chi connectivity index (χ4n) is 1.28. The second-order valence-corrected chi connectivity index (χ2v) is 5.87. The number of carbonyl (C=O) groups is 2. The molecule has 2 unspecified atom stereocenters. The molecule has 92 valence electrons. The van der Waals surface area contributed by atoms with Crippen LogP contribution in [0.15, 0.2) is 0 Å². The number of alkyl halides is 1. The molecule has 0 spiro atoms. The van der Waals surface area contributed by atoms with Gasteiger partial charge in [0.2, 0.25) is 0 Å². The van der Waals surface area contributed by atoms with Crippen LogP contribution < -0.4 is 5.32 Å². The van der Waals surface area contributed by atoms with E-state index in [1.807, 2.05) is 0 Å². The van der Waals surface area contributed by atoms with Crippen LogP contribution in [0.4, 0.5) is 4.79 Å². The maximum atomic E-state index is 11.5. The van der Waals surface area contributed by atoms with Crippen molar-refractivity contribution in [1.82, 2.24) is 5.32 Å². The van der Waals surface area contributed by atoms with Crippen LogP contribution in [0, 0.1) is 0 Å². The summed E-state index contributed by atoms with van der Waals surface area (Å²) in [6.45, 7) is 5.28. The highest BCUT2D eigenvalue weighted by Crippen LogP contribution is 2.43. The Morgan fingerprint density at radius 1 is 1.44 bits per heavy atom. The molecule has 0 radical (unpaired) electrons. The fraction of sp³-hybridized carbons (Fsp3) is 0.800. The molecule has 0 aliphatic heterocycles. The number of nitrogens with one attached hydrogen (secondary N) is 1. The summed E-state index contributed by atoms with van der Waals surface area (Å²) >= 11 is 3.28. The SMILES string of the molecule is COC(=O)C1(NC(=O)OC(C)(C)C)CC1Br. The van der Waals surface area contributed by atoms with Gasteiger partial charge < -0.3 is 14.8 Å². The largest absolute Gasteiger partial charge is 0.467 e. The average Bonchev–Trinajstić information content (AvgIpc) is 2.72. The van der Waals surface area contributed by atoms with Gasteiger partial charge in [0.25, 0.3) is 0 Å². The number of hydrogen-bond acceptors (Lipinski definition) is 4. The van der Waals surface area contributed by atoms with E-state index in [0.717, 1.165) is 0 Å². The Morgan fingerprint density at radius 3 is 2.25 bits per heavy atom. The lowest BCUT2D eigenvalue weighted by molar-refractivity contribution is -0.144. The predicted octanol–water partition coefficient (Wildman–Crippen LogP) is 1.59. The first kappa shape index (κ1) is 13.3. The highest BCUT2D eigenvalue weighted by atomic mass is 79.9. The zero-order chi connectivity index (χ0) is 12.6. The number of alkyl carbamates (subject to hydrolysis) is 1. The molecular weight excluding hydrogens is 278 g/mol. The minimum atomic E-state index is -0.961. The minimum absolute atomic E-state index is 0.0973. The lowest BCUT2D eigenvalue weighted by Gasteiger charge is -2.22. The minimum Gasteiger partial charge on any atom is -0.467 e. The Balaban J connectivity index is 2.59. The van der Waals surface area contributed by atoms with Gasteiger partial charge in [0, 0.05) is 0 Å². The summed E-state index contributed by atoms with van der Waals surface area (Å²) in [7, 11) is 1.29. The van der Waals surface area contributed by atoms with E-state index in [9.17, 15) is 9.59 Å². The highest BCUT2D eigenvalue weighted by Gasteiger charge is 2.62. The van der Waals surface area contributed by atoms with Crippen LogP contribution in [0.25, 0.3) is 0 Å². The van der Waals surface area contributed by atoms with Crippen molar-refractivity contribution in [2.45, 2.75) is 43.2 Å². The lowest BCUT2D eigenvalue weighted by atomic mass is 10.2. The molecule has 1 aliphatic carbocycles. The van der Waals surface area contributed by atoms with Gasteiger partial charge in [-0.05, 0) is 27.2 Å². The van der Waals surface area contributed by atoms with Gasteiger partial charge in [-0.3, -0.25) is 0 Å². The van der Waals surface area contributed by atoms with E-state index in [1.165, 1.54) is 7.11 Å². The standard InChI is InChI=1S/C10H16BrNO4/c1-9(2,3)16-8(14)12-10(5-6(10)11)7(13)15-4/h6H,5H2,1-4H3,(H,12,14). The van der Waals surface area contributed by atoms with E-state index in [-0.39, 0.29) is 4.83 Å².